The first-order chi connectivity index (χ1) is 13.0. The van der Waals surface area contributed by atoms with Gasteiger partial charge in [0.15, 0.2) is 0 Å². The molecule has 1 fully saturated rings. The van der Waals surface area contributed by atoms with E-state index >= 15 is 0 Å². The van der Waals surface area contributed by atoms with Crippen LogP contribution in [0.3, 0.4) is 0 Å². The maximum Gasteiger partial charge on any atom is 0.0972 e. The van der Waals surface area contributed by atoms with E-state index in [0.29, 0.717) is 5.92 Å². The standard InChI is InChI=1S/C22H32N4S.3ClH/c1-6-25(4)15-23-20-12-16(2)19(11-17(20)3)13-22-24-21(14-27-22)18-7-9-26(5)10-8-18;;;/h11-12,14-15,18H,6-10,13H2,1-5H3;3*1H. The van der Waals surface area contributed by atoms with Gasteiger partial charge in [-0.2, -0.15) is 0 Å². The monoisotopic (exact) mass is 492 g/mol. The van der Waals surface area contributed by atoms with Crippen molar-refractivity contribution in [3.63, 3.8) is 0 Å². The van der Waals surface area contributed by atoms with Gasteiger partial charge in [-0.1, -0.05) is 6.07 Å². The minimum atomic E-state index is 0. The molecule has 0 amide bonds. The highest BCUT2D eigenvalue weighted by Gasteiger charge is 2.20. The highest BCUT2D eigenvalue weighted by atomic mass is 35.5. The molecule has 1 aliphatic heterocycles. The first-order valence-corrected chi connectivity index (χ1v) is 10.8. The smallest absolute Gasteiger partial charge is 0.0972 e. The van der Waals surface area contributed by atoms with Gasteiger partial charge in [0.2, 0.25) is 0 Å². The minimum Gasteiger partial charge on any atom is -0.366 e. The van der Waals surface area contributed by atoms with Crippen molar-refractivity contribution >= 4 is 60.6 Å². The third-order valence-corrected chi connectivity index (χ3v) is 6.46. The van der Waals surface area contributed by atoms with E-state index in [2.05, 4.69) is 60.1 Å². The van der Waals surface area contributed by atoms with E-state index in [1.165, 1.54) is 53.3 Å². The maximum atomic E-state index is 4.98. The minimum absolute atomic E-state index is 0. The summed E-state index contributed by atoms with van der Waals surface area (Å²) in [6, 6.07) is 4.49. The van der Waals surface area contributed by atoms with Crippen LogP contribution in [0.25, 0.3) is 0 Å². The average molecular weight is 494 g/mol. The third-order valence-electron chi connectivity index (χ3n) is 5.60. The number of hydrogen-bond donors (Lipinski definition) is 0. The molecule has 0 atom stereocenters. The van der Waals surface area contributed by atoms with Crippen LogP contribution >= 0.6 is 48.6 Å². The van der Waals surface area contributed by atoms with E-state index in [0.717, 1.165) is 18.7 Å². The van der Waals surface area contributed by atoms with Crippen molar-refractivity contribution in [2.75, 3.05) is 33.7 Å². The van der Waals surface area contributed by atoms with Gasteiger partial charge in [-0.25, -0.2) is 9.98 Å². The SMILES string of the molecule is CCN(C)C=Nc1cc(C)c(Cc2nc(C3CCN(C)CC3)cs2)cc1C.Cl.Cl.Cl. The molecule has 170 valence electrons. The zero-order chi connectivity index (χ0) is 19.4. The Hall–Kier alpha value is -0.850. The first kappa shape index (κ1) is 29.1. The lowest BCUT2D eigenvalue weighted by molar-refractivity contribution is 0.253. The van der Waals surface area contributed by atoms with Crippen LogP contribution in [0, 0.1) is 13.8 Å². The molecule has 0 N–H and O–H groups in total. The fraction of sp³-hybridized carbons (Fsp3) is 0.545. The summed E-state index contributed by atoms with van der Waals surface area (Å²) in [4.78, 5) is 14.1. The molecule has 8 heteroatoms. The lowest BCUT2D eigenvalue weighted by atomic mass is 9.94. The van der Waals surface area contributed by atoms with E-state index < -0.39 is 0 Å². The van der Waals surface area contributed by atoms with E-state index in [1.54, 1.807) is 0 Å². The number of nitrogens with zero attached hydrogens (tertiary/aromatic N) is 4. The fourth-order valence-corrected chi connectivity index (χ4v) is 4.39. The van der Waals surface area contributed by atoms with Crippen molar-refractivity contribution in [2.45, 2.75) is 46.0 Å². The predicted molar refractivity (Wildman–Crippen MR) is 139 cm³/mol. The van der Waals surface area contributed by atoms with Gasteiger partial charge >= 0.3 is 0 Å². The molecule has 1 aromatic heterocycles. The number of aromatic nitrogens is 1. The Morgan fingerprint density at radius 2 is 1.83 bits per heavy atom. The number of benzene rings is 1. The van der Waals surface area contributed by atoms with Gasteiger partial charge in [-0.15, -0.1) is 48.6 Å². The maximum absolute atomic E-state index is 4.98. The van der Waals surface area contributed by atoms with Crippen molar-refractivity contribution in [3.8, 4) is 0 Å². The molecule has 0 radical (unpaired) electrons. The molecule has 0 bridgehead atoms. The van der Waals surface area contributed by atoms with Crippen LogP contribution in [0.2, 0.25) is 0 Å². The number of piperidine rings is 1. The lowest BCUT2D eigenvalue weighted by Gasteiger charge is -2.27. The molecule has 0 aliphatic carbocycles. The number of hydrogen-bond acceptors (Lipinski definition) is 4. The number of halogens is 3. The lowest BCUT2D eigenvalue weighted by Crippen LogP contribution is -2.29. The number of aliphatic imine (C=N–C) groups is 1. The molecule has 1 aliphatic rings. The topological polar surface area (TPSA) is 31.7 Å². The molecule has 1 aromatic carbocycles. The second kappa shape index (κ2) is 13.5. The van der Waals surface area contributed by atoms with Gasteiger partial charge in [0.25, 0.3) is 0 Å². The summed E-state index contributed by atoms with van der Waals surface area (Å²) in [7, 11) is 4.26. The quantitative estimate of drug-likeness (QED) is 0.363. The Labute approximate surface area is 204 Å². The Bertz CT molecular complexity index is 802. The first-order valence-electron chi connectivity index (χ1n) is 9.93. The molecule has 2 heterocycles. The molecule has 1 saturated heterocycles. The van der Waals surface area contributed by atoms with Crippen molar-refractivity contribution < 1.29 is 0 Å². The highest BCUT2D eigenvalue weighted by molar-refractivity contribution is 7.09. The Morgan fingerprint density at radius 1 is 1.17 bits per heavy atom. The van der Waals surface area contributed by atoms with Gasteiger partial charge in [-0.3, -0.25) is 0 Å². The average Bonchev–Trinajstić information content (AvgIpc) is 3.12. The fourth-order valence-electron chi connectivity index (χ4n) is 3.49. The van der Waals surface area contributed by atoms with Crippen molar-refractivity contribution in [2.24, 2.45) is 4.99 Å². The van der Waals surface area contributed by atoms with Gasteiger partial charge in [0.1, 0.15) is 0 Å². The van der Waals surface area contributed by atoms with Crippen molar-refractivity contribution in [1.29, 1.82) is 0 Å². The molecule has 0 unspecified atom stereocenters. The third kappa shape index (κ3) is 7.69. The summed E-state index contributed by atoms with van der Waals surface area (Å²) in [5.41, 5.74) is 6.25. The predicted octanol–water partition coefficient (Wildman–Crippen LogP) is 6.04. The molecule has 2 aromatic rings. The van der Waals surface area contributed by atoms with Crippen LogP contribution in [0.15, 0.2) is 22.5 Å². The summed E-state index contributed by atoms with van der Waals surface area (Å²) >= 11 is 1.81. The summed E-state index contributed by atoms with van der Waals surface area (Å²) < 4.78 is 0. The normalized spacial score (nSPS) is 14.7. The van der Waals surface area contributed by atoms with E-state index in [1.807, 2.05) is 24.7 Å². The van der Waals surface area contributed by atoms with Gasteiger partial charge in [0, 0.05) is 31.3 Å². The second-order valence-electron chi connectivity index (χ2n) is 7.80. The van der Waals surface area contributed by atoms with Crippen LogP contribution in [0.4, 0.5) is 5.69 Å². The second-order valence-corrected chi connectivity index (χ2v) is 8.75. The van der Waals surface area contributed by atoms with Crippen LogP contribution in [-0.4, -0.2) is 54.9 Å². The number of aryl methyl sites for hydroxylation is 2. The van der Waals surface area contributed by atoms with E-state index in [-0.39, 0.29) is 37.2 Å². The molecule has 30 heavy (non-hydrogen) atoms. The van der Waals surface area contributed by atoms with Gasteiger partial charge < -0.3 is 9.80 Å². The largest absolute Gasteiger partial charge is 0.366 e. The summed E-state index contributed by atoms with van der Waals surface area (Å²) in [5, 5.41) is 3.51. The molecule has 0 spiro atoms. The Balaban J connectivity index is 0.00000280. The van der Waals surface area contributed by atoms with Crippen LogP contribution < -0.4 is 0 Å². The van der Waals surface area contributed by atoms with Crippen molar-refractivity contribution in [1.82, 2.24) is 14.8 Å². The van der Waals surface area contributed by atoms with Crippen LogP contribution in [0.5, 0.6) is 0 Å². The molecular formula is C22H35Cl3N4S. The molecular weight excluding hydrogens is 459 g/mol. The van der Waals surface area contributed by atoms with E-state index in [9.17, 15) is 0 Å². The van der Waals surface area contributed by atoms with Crippen LogP contribution in [-0.2, 0) is 6.42 Å². The summed E-state index contributed by atoms with van der Waals surface area (Å²) in [6.07, 6.45) is 5.30. The zero-order valence-corrected chi connectivity index (χ0v) is 21.8. The number of rotatable bonds is 6. The molecule has 4 nitrogen and oxygen atoms in total. The van der Waals surface area contributed by atoms with Gasteiger partial charge in [0.05, 0.1) is 22.7 Å². The number of likely N-dealkylation sites (tertiary alicyclic amines) is 1. The summed E-state index contributed by atoms with van der Waals surface area (Å²) in [5.74, 6) is 0.640. The van der Waals surface area contributed by atoms with E-state index in [4.69, 9.17) is 4.98 Å². The number of thiazole rings is 1. The zero-order valence-electron chi connectivity index (χ0n) is 18.6. The Kier molecular flexibility index (Phi) is 13.2. The van der Waals surface area contributed by atoms with Crippen molar-refractivity contribution in [3.05, 3.63) is 44.9 Å². The summed E-state index contributed by atoms with van der Waals surface area (Å²) in [6.45, 7) is 9.79. The van der Waals surface area contributed by atoms with Gasteiger partial charge in [-0.05, 0) is 76.5 Å². The highest BCUT2D eigenvalue weighted by Crippen LogP contribution is 2.30. The Morgan fingerprint density at radius 3 is 2.47 bits per heavy atom. The molecule has 3 rings (SSSR count). The van der Waals surface area contributed by atoms with Crippen LogP contribution in [0.1, 0.15) is 53.1 Å². The molecule has 0 saturated carbocycles.